The summed E-state index contributed by atoms with van der Waals surface area (Å²) < 4.78 is 10.2. The van der Waals surface area contributed by atoms with Crippen LogP contribution in [-0.2, 0) is 16.1 Å². The average Bonchev–Trinajstić information content (AvgIpc) is 2.55. The Bertz CT molecular complexity index is 497. The average molecular weight is 436 g/mol. The maximum atomic E-state index is 11.6. The molecule has 0 spiro atoms. The molecule has 0 aliphatic heterocycles. The van der Waals surface area contributed by atoms with E-state index in [4.69, 9.17) is 9.47 Å². The van der Waals surface area contributed by atoms with Gasteiger partial charge in [-0.2, -0.15) is 0 Å². The lowest BCUT2D eigenvalue weighted by molar-refractivity contribution is -0.120. The number of aliphatic imine (C=N–C) groups is 1. The molecule has 0 aliphatic carbocycles. The van der Waals surface area contributed by atoms with Crippen LogP contribution < -0.4 is 20.7 Å². The number of hydrogen-bond acceptors (Lipinski definition) is 4. The van der Waals surface area contributed by atoms with Crippen LogP contribution >= 0.6 is 24.0 Å². The Morgan fingerprint density at radius 3 is 2.57 bits per heavy atom. The lowest BCUT2D eigenvalue weighted by atomic mass is 10.2. The van der Waals surface area contributed by atoms with Gasteiger partial charge in [0.25, 0.3) is 0 Å². The van der Waals surface area contributed by atoms with E-state index in [1.807, 2.05) is 24.3 Å². The van der Waals surface area contributed by atoms with E-state index in [2.05, 4.69) is 20.9 Å². The van der Waals surface area contributed by atoms with Gasteiger partial charge in [-0.05, 0) is 6.07 Å². The van der Waals surface area contributed by atoms with Crippen molar-refractivity contribution < 1.29 is 14.3 Å². The summed E-state index contributed by atoms with van der Waals surface area (Å²) in [6, 6.07) is 7.73. The van der Waals surface area contributed by atoms with Crippen molar-refractivity contribution >= 4 is 35.8 Å². The molecule has 0 atom stereocenters. The smallest absolute Gasteiger partial charge is 0.239 e. The molecule has 130 valence electrons. The summed E-state index contributed by atoms with van der Waals surface area (Å²) in [4.78, 5) is 15.7. The summed E-state index contributed by atoms with van der Waals surface area (Å²) in [7, 11) is 4.88. The predicted octanol–water partition coefficient (Wildman–Crippen LogP) is 0.741. The van der Waals surface area contributed by atoms with Gasteiger partial charge in [-0.3, -0.25) is 9.79 Å². The Balaban J connectivity index is 0.00000484. The molecule has 0 heterocycles. The largest absolute Gasteiger partial charge is 0.496 e. The van der Waals surface area contributed by atoms with Gasteiger partial charge in [0.15, 0.2) is 5.96 Å². The van der Waals surface area contributed by atoms with E-state index in [9.17, 15) is 4.79 Å². The Morgan fingerprint density at radius 1 is 1.17 bits per heavy atom. The number of nitrogens with zero attached hydrogens (tertiary/aromatic N) is 1. The van der Waals surface area contributed by atoms with Gasteiger partial charge in [0.05, 0.1) is 20.3 Å². The highest BCUT2D eigenvalue weighted by Crippen LogP contribution is 2.16. The molecule has 1 aromatic rings. The van der Waals surface area contributed by atoms with Gasteiger partial charge in [0, 0.05) is 32.8 Å². The summed E-state index contributed by atoms with van der Waals surface area (Å²) in [6.45, 7) is 1.68. The molecule has 0 radical (unpaired) electrons. The van der Waals surface area contributed by atoms with Crippen molar-refractivity contribution in [2.45, 2.75) is 6.54 Å². The first-order valence-electron chi connectivity index (χ1n) is 7.03. The van der Waals surface area contributed by atoms with Gasteiger partial charge in [-0.1, -0.05) is 18.2 Å². The number of guanidine groups is 1. The zero-order chi connectivity index (χ0) is 16.2. The van der Waals surface area contributed by atoms with Crippen molar-refractivity contribution in [2.75, 3.05) is 41.0 Å². The van der Waals surface area contributed by atoms with Gasteiger partial charge >= 0.3 is 0 Å². The molecule has 0 aliphatic rings. The van der Waals surface area contributed by atoms with Gasteiger partial charge < -0.3 is 25.4 Å². The third-order valence-corrected chi connectivity index (χ3v) is 2.91. The summed E-state index contributed by atoms with van der Waals surface area (Å²) in [6.07, 6.45) is 0. The standard InChI is InChI=1S/C15H24N4O3.HI/c1-16-15(19-11-14(20)17-8-9-21-2)18-10-12-6-4-5-7-13(12)22-3;/h4-7H,8-11H2,1-3H3,(H,17,20)(H2,16,18,19);1H. The normalized spacial score (nSPS) is 10.5. The lowest BCUT2D eigenvalue weighted by Crippen LogP contribution is -2.43. The Labute approximate surface area is 154 Å². The highest BCUT2D eigenvalue weighted by atomic mass is 127. The third-order valence-electron chi connectivity index (χ3n) is 2.91. The highest BCUT2D eigenvalue weighted by Gasteiger charge is 2.05. The van der Waals surface area contributed by atoms with Crippen molar-refractivity contribution in [1.82, 2.24) is 16.0 Å². The van der Waals surface area contributed by atoms with Gasteiger partial charge in [0.1, 0.15) is 5.75 Å². The summed E-state index contributed by atoms with van der Waals surface area (Å²) >= 11 is 0. The van der Waals surface area contributed by atoms with Crippen molar-refractivity contribution in [2.24, 2.45) is 4.99 Å². The lowest BCUT2D eigenvalue weighted by Gasteiger charge is -2.13. The van der Waals surface area contributed by atoms with Crippen LogP contribution in [0.25, 0.3) is 0 Å². The first kappa shape index (κ1) is 21.4. The predicted molar refractivity (Wildman–Crippen MR) is 101 cm³/mol. The Kier molecular flexibility index (Phi) is 12.1. The van der Waals surface area contributed by atoms with Crippen LogP contribution in [0.1, 0.15) is 5.56 Å². The minimum atomic E-state index is -0.114. The van der Waals surface area contributed by atoms with Crippen LogP contribution in [0.15, 0.2) is 29.3 Å². The minimum Gasteiger partial charge on any atom is -0.496 e. The minimum absolute atomic E-state index is 0. The van der Waals surface area contributed by atoms with E-state index >= 15 is 0 Å². The second-order valence-electron chi connectivity index (χ2n) is 4.43. The summed E-state index contributed by atoms with van der Waals surface area (Å²) in [5, 5.41) is 8.81. The van der Waals surface area contributed by atoms with E-state index in [0.29, 0.717) is 25.7 Å². The molecule has 23 heavy (non-hydrogen) atoms. The van der Waals surface area contributed by atoms with Crippen LogP contribution in [-0.4, -0.2) is 52.8 Å². The van der Waals surface area contributed by atoms with Crippen LogP contribution in [0.4, 0.5) is 0 Å². The molecular formula is C15H25IN4O3. The number of rotatable bonds is 8. The molecule has 1 rings (SSSR count). The molecule has 0 aromatic heterocycles. The molecule has 0 saturated carbocycles. The number of amides is 1. The number of hydrogen-bond donors (Lipinski definition) is 3. The van der Waals surface area contributed by atoms with Crippen LogP contribution in [0.3, 0.4) is 0 Å². The summed E-state index contributed by atoms with van der Waals surface area (Å²) in [5.41, 5.74) is 1.01. The molecule has 1 aromatic carbocycles. The Hall–Kier alpha value is -1.55. The van der Waals surface area contributed by atoms with Crippen molar-refractivity contribution in [3.8, 4) is 5.75 Å². The maximum absolute atomic E-state index is 11.6. The molecule has 0 unspecified atom stereocenters. The van der Waals surface area contributed by atoms with Gasteiger partial charge in [-0.25, -0.2) is 0 Å². The van der Waals surface area contributed by atoms with E-state index < -0.39 is 0 Å². The molecule has 0 saturated heterocycles. The first-order valence-corrected chi connectivity index (χ1v) is 7.03. The van der Waals surface area contributed by atoms with E-state index in [1.165, 1.54) is 0 Å². The number of carbonyl (C=O) groups excluding carboxylic acids is 1. The molecule has 3 N–H and O–H groups in total. The molecule has 7 nitrogen and oxygen atoms in total. The molecular weight excluding hydrogens is 411 g/mol. The monoisotopic (exact) mass is 436 g/mol. The number of para-hydroxylation sites is 1. The number of benzene rings is 1. The quantitative estimate of drug-likeness (QED) is 0.242. The molecule has 1 amide bonds. The summed E-state index contributed by atoms with van der Waals surface area (Å²) in [5.74, 6) is 1.24. The fraction of sp³-hybridized carbons (Fsp3) is 0.467. The van der Waals surface area contributed by atoms with E-state index in [0.717, 1.165) is 11.3 Å². The van der Waals surface area contributed by atoms with Crippen LogP contribution in [0, 0.1) is 0 Å². The number of methoxy groups -OCH3 is 2. The number of halogens is 1. The molecule has 0 bridgehead atoms. The van der Waals surface area contributed by atoms with Crippen LogP contribution in [0.2, 0.25) is 0 Å². The van der Waals surface area contributed by atoms with Gasteiger partial charge in [-0.15, -0.1) is 24.0 Å². The highest BCUT2D eigenvalue weighted by molar-refractivity contribution is 14.0. The second kappa shape index (κ2) is 12.9. The molecule has 8 heteroatoms. The Morgan fingerprint density at radius 2 is 1.91 bits per heavy atom. The second-order valence-corrected chi connectivity index (χ2v) is 4.43. The van der Waals surface area contributed by atoms with Crippen LogP contribution in [0.5, 0.6) is 5.75 Å². The fourth-order valence-corrected chi connectivity index (χ4v) is 1.77. The first-order chi connectivity index (χ1) is 10.7. The fourth-order valence-electron chi connectivity index (χ4n) is 1.77. The van der Waals surface area contributed by atoms with Crippen molar-refractivity contribution in [1.29, 1.82) is 0 Å². The maximum Gasteiger partial charge on any atom is 0.239 e. The van der Waals surface area contributed by atoms with E-state index in [-0.39, 0.29) is 36.4 Å². The number of ether oxygens (including phenoxy) is 2. The van der Waals surface area contributed by atoms with Gasteiger partial charge in [0.2, 0.25) is 5.91 Å². The zero-order valence-electron chi connectivity index (χ0n) is 13.7. The van der Waals surface area contributed by atoms with Crippen molar-refractivity contribution in [3.63, 3.8) is 0 Å². The zero-order valence-corrected chi connectivity index (χ0v) is 16.0. The van der Waals surface area contributed by atoms with Crippen molar-refractivity contribution in [3.05, 3.63) is 29.8 Å². The molecule has 0 fully saturated rings. The topological polar surface area (TPSA) is 84.0 Å². The number of nitrogens with one attached hydrogen (secondary N) is 3. The third kappa shape index (κ3) is 8.60. The van der Waals surface area contributed by atoms with E-state index in [1.54, 1.807) is 21.3 Å². The number of carbonyl (C=O) groups is 1. The SMILES string of the molecule is CN=C(NCC(=O)NCCOC)NCc1ccccc1OC.I.